The molecule has 0 aromatic carbocycles. The summed E-state index contributed by atoms with van der Waals surface area (Å²) in [4.78, 5) is 18.9. The SMILES string of the molecule is CC(C)(CNC(=O)NC1CCN(c2ccccn2)C1)C1=CCOCC1. The van der Waals surface area contributed by atoms with Crippen molar-refractivity contribution in [3.63, 3.8) is 0 Å². The first-order valence-electron chi connectivity index (χ1n) is 9.02. The van der Waals surface area contributed by atoms with Gasteiger partial charge in [0.05, 0.1) is 13.2 Å². The first kappa shape index (κ1) is 17.7. The van der Waals surface area contributed by atoms with E-state index in [0.717, 1.165) is 38.4 Å². The fourth-order valence-electron chi connectivity index (χ4n) is 3.42. The van der Waals surface area contributed by atoms with Crippen molar-refractivity contribution in [2.45, 2.75) is 32.7 Å². The van der Waals surface area contributed by atoms with E-state index in [2.05, 4.69) is 40.4 Å². The van der Waals surface area contributed by atoms with Gasteiger partial charge in [0.25, 0.3) is 0 Å². The van der Waals surface area contributed by atoms with E-state index in [1.807, 2.05) is 18.2 Å². The lowest BCUT2D eigenvalue weighted by atomic mass is 9.81. The number of carbonyl (C=O) groups excluding carboxylic acids is 1. The van der Waals surface area contributed by atoms with E-state index in [-0.39, 0.29) is 17.5 Å². The van der Waals surface area contributed by atoms with E-state index in [1.54, 1.807) is 6.20 Å². The zero-order chi connectivity index (χ0) is 17.7. The molecule has 0 radical (unpaired) electrons. The standard InChI is InChI=1S/C19H28N4O2/c1-19(2,15-7-11-25-12-8-15)14-21-18(24)22-16-6-10-23(13-16)17-5-3-4-9-20-17/h3-5,7,9,16H,6,8,10-14H2,1-2H3,(H2,21,22,24). The Labute approximate surface area is 149 Å². The van der Waals surface area contributed by atoms with Gasteiger partial charge in [0.1, 0.15) is 5.82 Å². The van der Waals surface area contributed by atoms with Crippen molar-refractivity contribution >= 4 is 11.8 Å². The van der Waals surface area contributed by atoms with Gasteiger partial charge in [0.15, 0.2) is 0 Å². The second kappa shape index (κ2) is 7.87. The number of nitrogens with zero attached hydrogens (tertiary/aromatic N) is 2. The van der Waals surface area contributed by atoms with Crippen LogP contribution in [-0.4, -0.2) is 49.9 Å². The summed E-state index contributed by atoms with van der Waals surface area (Å²) in [5.74, 6) is 0.972. The lowest BCUT2D eigenvalue weighted by molar-refractivity contribution is 0.145. The second-order valence-electron chi connectivity index (χ2n) is 7.38. The quantitative estimate of drug-likeness (QED) is 0.805. The van der Waals surface area contributed by atoms with Crippen molar-refractivity contribution in [3.8, 4) is 0 Å². The zero-order valence-electron chi connectivity index (χ0n) is 15.1. The number of rotatable bonds is 5. The predicted molar refractivity (Wildman–Crippen MR) is 98.7 cm³/mol. The number of carbonyl (C=O) groups is 1. The summed E-state index contributed by atoms with van der Waals surface area (Å²) in [6, 6.07) is 5.98. The summed E-state index contributed by atoms with van der Waals surface area (Å²) in [5.41, 5.74) is 1.32. The number of anilines is 1. The highest BCUT2D eigenvalue weighted by atomic mass is 16.5. The van der Waals surface area contributed by atoms with Crippen LogP contribution in [0.5, 0.6) is 0 Å². The fraction of sp³-hybridized carbons (Fsp3) is 0.579. The smallest absolute Gasteiger partial charge is 0.315 e. The van der Waals surface area contributed by atoms with E-state index in [4.69, 9.17) is 4.74 Å². The van der Waals surface area contributed by atoms with Gasteiger partial charge in [-0.15, -0.1) is 0 Å². The maximum atomic E-state index is 12.3. The number of nitrogens with one attached hydrogen (secondary N) is 2. The van der Waals surface area contributed by atoms with E-state index in [1.165, 1.54) is 5.57 Å². The third kappa shape index (κ3) is 4.72. The van der Waals surface area contributed by atoms with Crippen LogP contribution < -0.4 is 15.5 Å². The van der Waals surface area contributed by atoms with Crippen molar-refractivity contribution in [2.24, 2.45) is 5.41 Å². The Morgan fingerprint density at radius 1 is 1.44 bits per heavy atom. The van der Waals surface area contributed by atoms with Gasteiger partial charge in [-0.3, -0.25) is 0 Å². The van der Waals surface area contributed by atoms with E-state index < -0.39 is 0 Å². The summed E-state index contributed by atoms with van der Waals surface area (Å²) < 4.78 is 5.37. The Balaban J connectivity index is 1.44. The Morgan fingerprint density at radius 3 is 3.04 bits per heavy atom. The third-order valence-corrected chi connectivity index (χ3v) is 5.02. The highest BCUT2D eigenvalue weighted by Crippen LogP contribution is 2.29. The van der Waals surface area contributed by atoms with Crippen molar-refractivity contribution in [2.75, 3.05) is 37.7 Å². The summed E-state index contributed by atoms with van der Waals surface area (Å²) >= 11 is 0. The molecule has 136 valence electrons. The molecule has 25 heavy (non-hydrogen) atoms. The monoisotopic (exact) mass is 344 g/mol. The number of urea groups is 1. The molecule has 3 heterocycles. The second-order valence-corrected chi connectivity index (χ2v) is 7.38. The van der Waals surface area contributed by atoms with Crippen LogP contribution in [0.4, 0.5) is 10.6 Å². The van der Waals surface area contributed by atoms with Gasteiger partial charge in [0.2, 0.25) is 0 Å². The van der Waals surface area contributed by atoms with Crippen LogP contribution in [0, 0.1) is 5.41 Å². The van der Waals surface area contributed by atoms with Crippen LogP contribution in [0.2, 0.25) is 0 Å². The van der Waals surface area contributed by atoms with Crippen LogP contribution in [-0.2, 0) is 4.74 Å². The molecule has 6 heteroatoms. The number of amides is 2. The van der Waals surface area contributed by atoms with Gasteiger partial charge in [0, 0.05) is 37.3 Å². The van der Waals surface area contributed by atoms with Crippen LogP contribution in [0.3, 0.4) is 0 Å². The van der Waals surface area contributed by atoms with Crippen LogP contribution in [0.1, 0.15) is 26.7 Å². The molecule has 2 aliphatic heterocycles. The summed E-state index contributed by atoms with van der Waals surface area (Å²) in [6.45, 7) is 8.13. The predicted octanol–water partition coefficient (Wildman–Crippen LogP) is 2.33. The molecule has 0 aliphatic carbocycles. The normalized spacial score (nSPS) is 21.0. The molecule has 3 rings (SSSR count). The number of aromatic nitrogens is 1. The Bertz CT molecular complexity index is 615. The van der Waals surface area contributed by atoms with Gasteiger partial charge in [-0.05, 0) is 25.0 Å². The van der Waals surface area contributed by atoms with Gasteiger partial charge in [-0.1, -0.05) is 31.6 Å². The topological polar surface area (TPSA) is 66.5 Å². The molecule has 0 saturated carbocycles. The Hall–Kier alpha value is -2.08. The highest BCUT2D eigenvalue weighted by Gasteiger charge is 2.27. The van der Waals surface area contributed by atoms with Crippen molar-refractivity contribution in [1.29, 1.82) is 0 Å². The van der Waals surface area contributed by atoms with Crippen LogP contribution in [0.15, 0.2) is 36.0 Å². The maximum Gasteiger partial charge on any atom is 0.315 e. The molecule has 2 N–H and O–H groups in total. The lowest BCUT2D eigenvalue weighted by Crippen LogP contribution is -2.46. The summed E-state index contributed by atoms with van der Waals surface area (Å²) in [6.07, 6.45) is 5.83. The van der Waals surface area contributed by atoms with E-state index >= 15 is 0 Å². The van der Waals surface area contributed by atoms with E-state index in [9.17, 15) is 4.79 Å². The average molecular weight is 344 g/mol. The largest absolute Gasteiger partial charge is 0.377 e. The van der Waals surface area contributed by atoms with Crippen molar-refractivity contribution < 1.29 is 9.53 Å². The molecule has 2 aliphatic rings. The number of hydrogen-bond donors (Lipinski definition) is 2. The molecule has 1 aromatic rings. The zero-order valence-corrected chi connectivity index (χ0v) is 15.1. The van der Waals surface area contributed by atoms with Gasteiger partial charge in [-0.25, -0.2) is 9.78 Å². The lowest BCUT2D eigenvalue weighted by Gasteiger charge is -2.31. The van der Waals surface area contributed by atoms with Crippen molar-refractivity contribution in [1.82, 2.24) is 15.6 Å². The minimum absolute atomic E-state index is 0.0449. The molecule has 1 atom stereocenters. The van der Waals surface area contributed by atoms with Crippen LogP contribution in [0.25, 0.3) is 0 Å². The Morgan fingerprint density at radius 2 is 2.32 bits per heavy atom. The minimum atomic E-state index is -0.0893. The third-order valence-electron chi connectivity index (χ3n) is 5.02. The van der Waals surface area contributed by atoms with Crippen molar-refractivity contribution in [3.05, 3.63) is 36.0 Å². The summed E-state index contributed by atoms with van der Waals surface area (Å²) in [7, 11) is 0. The first-order valence-corrected chi connectivity index (χ1v) is 9.02. The average Bonchev–Trinajstić information content (AvgIpc) is 3.10. The minimum Gasteiger partial charge on any atom is -0.377 e. The van der Waals surface area contributed by atoms with Gasteiger partial charge >= 0.3 is 6.03 Å². The molecule has 1 saturated heterocycles. The molecular weight excluding hydrogens is 316 g/mol. The van der Waals surface area contributed by atoms with Crippen LogP contribution >= 0.6 is 0 Å². The van der Waals surface area contributed by atoms with Gasteiger partial charge in [-0.2, -0.15) is 0 Å². The van der Waals surface area contributed by atoms with E-state index in [0.29, 0.717) is 13.2 Å². The Kier molecular flexibility index (Phi) is 5.58. The number of pyridine rings is 1. The first-order chi connectivity index (χ1) is 12.0. The molecule has 6 nitrogen and oxygen atoms in total. The molecule has 1 unspecified atom stereocenters. The fourth-order valence-corrected chi connectivity index (χ4v) is 3.42. The van der Waals surface area contributed by atoms with Gasteiger partial charge < -0.3 is 20.3 Å². The molecular formula is C19H28N4O2. The molecule has 1 aromatic heterocycles. The molecule has 0 spiro atoms. The summed E-state index contributed by atoms with van der Waals surface area (Å²) in [5, 5.41) is 6.13. The number of ether oxygens (including phenoxy) is 1. The highest BCUT2D eigenvalue weighted by molar-refractivity contribution is 5.74. The molecule has 0 bridgehead atoms. The molecule has 1 fully saturated rings. The maximum absolute atomic E-state index is 12.3. The number of hydrogen-bond acceptors (Lipinski definition) is 4. The molecule has 2 amide bonds.